The lowest BCUT2D eigenvalue weighted by Gasteiger charge is -2.21. The van der Waals surface area contributed by atoms with Gasteiger partial charge in [-0.3, -0.25) is 10.4 Å². The molecule has 0 aliphatic rings. The first kappa shape index (κ1) is 13.1. The van der Waals surface area contributed by atoms with E-state index in [0.29, 0.717) is 5.56 Å². The maximum Gasteiger partial charge on any atom is 0.125 e. The molecule has 2 rings (SSSR count). The van der Waals surface area contributed by atoms with Crippen molar-refractivity contribution in [2.24, 2.45) is 5.73 Å². The fraction of sp³-hybridized carbons (Fsp3) is 0.200. The van der Waals surface area contributed by atoms with Crippen LogP contribution in [0.3, 0.4) is 0 Å². The molecule has 4 heteroatoms. The maximum atomic E-state index is 7.60. The molecule has 1 aromatic heterocycles. The third-order valence-corrected chi connectivity index (χ3v) is 3.04. The van der Waals surface area contributed by atoms with Gasteiger partial charge in [0.05, 0.1) is 11.9 Å². The zero-order chi connectivity index (χ0) is 13.8. The van der Waals surface area contributed by atoms with Crippen LogP contribution in [-0.4, -0.2) is 17.9 Å². The molecule has 0 saturated heterocycles. The summed E-state index contributed by atoms with van der Waals surface area (Å²) in [6, 6.07) is 10.2. The quantitative estimate of drug-likeness (QED) is 0.650. The normalized spacial score (nSPS) is 10.2. The number of aromatic nitrogens is 1. The van der Waals surface area contributed by atoms with Crippen LogP contribution in [0.1, 0.15) is 16.7 Å². The Balaban J connectivity index is 2.22. The van der Waals surface area contributed by atoms with Crippen molar-refractivity contribution < 1.29 is 0 Å². The minimum Gasteiger partial charge on any atom is -0.384 e. The minimum atomic E-state index is 0.0631. The van der Waals surface area contributed by atoms with Gasteiger partial charge in [-0.05, 0) is 18.6 Å². The molecule has 0 aliphatic carbocycles. The van der Waals surface area contributed by atoms with Crippen molar-refractivity contribution in [1.82, 2.24) is 4.98 Å². The van der Waals surface area contributed by atoms with Crippen LogP contribution in [0, 0.1) is 12.3 Å². The predicted molar refractivity (Wildman–Crippen MR) is 78.5 cm³/mol. The van der Waals surface area contributed by atoms with E-state index in [1.165, 1.54) is 11.1 Å². The number of nitrogen functional groups attached to an aromatic ring is 1. The summed E-state index contributed by atoms with van der Waals surface area (Å²) in [5.74, 6) is 0.0631. The lowest BCUT2D eigenvalue weighted by atomic mass is 10.1. The van der Waals surface area contributed by atoms with Gasteiger partial charge in [0.15, 0.2) is 0 Å². The smallest absolute Gasteiger partial charge is 0.125 e. The van der Waals surface area contributed by atoms with Crippen molar-refractivity contribution in [3.8, 4) is 0 Å². The second-order valence-corrected chi connectivity index (χ2v) is 4.65. The van der Waals surface area contributed by atoms with Gasteiger partial charge in [0.1, 0.15) is 5.84 Å². The van der Waals surface area contributed by atoms with Gasteiger partial charge in [-0.2, -0.15) is 0 Å². The van der Waals surface area contributed by atoms with Crippen molar-refractivity contribution in [2.75, 3.05) is 11.9 Å². The minimum absolute atomic E-state index is 0.0631. The Kier molecular flexibility index (Phi) is 3.80. The number of aryl methyl sites for hydroxylation is 1. The van der Waals surface area contributed by atoms with Crippen molar-refractivity contribution in [3.63, 3.8) is 0 Å². The molecule has 0 amide bonds. The van der Waals surface area contributed by atoms with Crippen LogP contribution in [0.25, 0.3) is 0 Å². The summed E-state index contributed by atoms with van der Waals surface area (Å²) in [7, 11) is 1.98. The number of amidine groups is 1. The highest BCUT2D eigenvalue weighted by atomic mass is 15.1. The van der Waals surface area contributed by atoms with Crippen molar-refractivity contribution in [1.29, 1.82) is 5.41 Å². The molecule has 0 fully saturated rings. The molecule has 0 radical (unpaired) electrons. The first-order chi connectivity index (χ1) is 9.08. The predicted octanol–water partition coefficient (Wildman–Crippen LogP) is 2.31. The number of nitrogens with one attached hydrogen (secondary N) is 1. The topological polar surface area (TPSA) is 66.0 Å². The van der Waals surface area contributed by atoms with Crippen molar-refractivity contribution in [2.45, 2.75) is 13.5 Å². The van der Waals surface area contributed by atoms with E-state index in [0.717, 1.165) is 12.2 Å². The number of benzene rings is 1. The summed E-state index contributed by atoms with van der Waals surface area (Å²) in [6.45, 7) is 2.83. The molecule has 0 saturated carbocycles. The second kappa shape index (κ2) is 5.52. The van der Waals surface area contributed by atoms with Gasteiger partial charge < -0.3 is 10.6 Å². The molecule has 4 nitrogen and oxygen atoms in total. The third kappa shape index (κ3) is 3.10. The summed E-state index contributed by atoms with van der Waals surface area (Å²) in [5, 5.41) is 7.60. The number of hydrogen-bond acceptors (Lipinski definition) is 3. The maximum absolute atomic E-state index is 7.60. The monoisotopic (exact) mass is 254 g/mol. The fourth-order valence-electron chi connectivity index (χ4n) is 1.97. The van der Waals surface area contributed by atoms with Gasteiger partial charge in [-0.15, -0.1) is 0 Å². The van der Waals surface area contributed by atoms with Crippen LogP contribution in [0.2, 0.25) is 0 Å². The number of nitrogens with two attached hydrogens (primary N) is 1. The van der Waals surface area contributed by atoms with Crippen LogP contribution in [0.15, 0.2) is 42.7 Å². The molecule has 3 N–H and O–H groups in total. The zero-order valence-electron chi connectivity index (χ0n) is 11.2. The van der Waals surface area contributed by atoms with Gasteiger partial charge in [0, 0.05) is 25.4 Å². The Bertz CT molecular complexity index is 575. The molecule has 1 heterocycles. The molecule has 98 valence electrons. The van der Waals surface area contributed by atoms with Gasteiger partial charge >= 0.3 is 0 Å². The number of anilines is 1. The van der Waals surface area contributed by atoms with Gasteiger partial charge in [-0.25, -0.2) is 0 Å². The summed E-state index contributed by atoms with van der Waals surface area (Å²) in [4.78, 5) is 6.16. The lowest BCUT2D eigenvalue weighted by molar-refractivity contribution is 0.915. The Morgan fingerprint density at radius 1 is 1.26 bits per heavy atom. The molecule has 19 heavy (non-hydrogen) atoms. The summed E-state index contributed by atoms with van der Waals surface area (Å²) in [5.41, 5.74) is 9.64. The van der Waals surface area contributed by atoms with E-state index < -0.39 is 0 Å². The standard InChI is InChI=1S/C15H18N4/c1-11-3-5-12(6-4-11)10-19(2)14-9-18-8-7-13(14)15(16)17/h3-9H,10H2,1-2H3,(H3,16,17). The molecule has 0 unspecified atom stereocenters. The molecule has 0 bridgehead atoms. The van der Waals surface area contributed by atoms with Crippen LogP contribution in [0.5, 0.6) is 0 Å². The van der Waals surface area contributed by atoms with E-state index >= 15 is 0 Å². The average molecular weight is 254 g/mol. The van der Waals surface area contributed by atoms with E-state index in [-0.39, 0.29) is 5.84 Å². The number of rotatable bonds is 4. The average Bonchev–Trinajstić information content (AvgIpc) is 2.41. The highest BCUT2D eigenvalue weighted by molar-refractivity contribution is 6.00. The van der Waals surface area contributed by atoms with Crippen LogP contribution >= 0.6 is 0 Å². The summed E-state index contributed by atoms with van der Waals surface area (Å²) < 4.78 is 0. The summed E-state index contributed by atoms with van der Waals surface area (Å²) >= 11 is 0. The van der Waals surface area contributed by atoms with Crippen molar-refractivity contribution >= 4 is 11.5 Å². The van der Waals surface area contributed by atoms with Gasteiger partial charge in [0.25, 0.3) is 0 Å². The number of pyridine rings is 1. The van der Waals surface area contributed by atoms with E-state index in [4.69, 9.17) is 11.1 Å². The molecule has 0 atom stereocenters. The molecule has 2 aromatic rings. The first-order valence-electron chi connectivity index (χ1n) is 6.13. The van der Waals surface area contributed by atoms with Crippen LogP contribution < -0.4 is 10.6 Å². The fourth-order valence-corrected chi connectivity index (χ4v) is 1.97. The SMILES string of the molecule is Cc1ccc(CN(C)c2cnccc2C(=N)N)cc1. The Hall–Kier alpha value is -2.36. The lowest BCUT2D eigenvalue weighted by Crippen LogP contribution is -2.22. The highest BCUT2D eigenvalue weighted by Gasteiger charge is 2.10. The molecular weight excluding hydrogens is 236 g/mol. The van der Waals surface area contributed by atoms with Gasteiger partial charge in [0.2, 0.25) is 0 Å². The van der Waals surface area contributed by atoms with Crippen LogP contribution in [-0.2, 0) is 6.54 Å². The molecular formula is C15H18N4. The summed E-state index contributed by atoms with van der Waals surface area (Å²) in [6.07, 6.45) is 3.39. The number of nitrogens with zero attached hydrogens (tertiary/aromatic N) is 2. The molecule has 0 aliphatic heterocycles. The highest BCUT2D eigenvalue weighted by Crippen LogP contribution is 2.19. The number of hydrogen-bond donors (Lipinski definition) is 2. The largest absolute Gasteiger partial charge is 0.384 e. The van der Waals surface area contributed by atoms with Gasteiger partial charge in [-0.1, -0.05) is 29.8 Å². The van der Waals surface area contributed by atoms with E-state index in [1.54, 1.807) is 18.5 Å². The first-order valence-corrected chi connectivity index (χ1v) is 6.13. The Labute approximate surface area is 113 Å². The van der Waals surface area contributed by atoms with E-state index in [9.17, 15) is 0 Å². The molecule has 0 spiro atoms. The molecule has 1 aromatic carbocycles. The van der Waals surface area contributed by atoms with E-state index in [2.05, 4.69) is 41.1 Å². The Morgan fingerprint density at radius 2 is 1.95 bits per heavy atom. The third-order valence-electron chi connectivity index (χ3n) is 3.04. The Morgan fingerprint density at radius 3 is 2.58 bits per heavy atom. The van der Waals surface area contributed by atoms with Crippen LogP contribution in [0.4, 0.5) is 5.69 Å². The van der Waals surface area contributed by atoms with Crippen molar-refractivity contribution in [3.05, 3.63) is 59.4 Å². The second-order valence-electron chi connectivity index (χ2n) is 4.65. The zero-order valence-corrected chi connectivity index (χ0v) is 11.2. The van der Waals surface area contributed by atoms with E-state index in [1.807, 2.05) is 7.05 Å².